The van der Waals surface area contributed by atoms with E-state index in [1.807, 2.05) is 35.9 Å². The minimum absolute atomic E-state index is 0.101. The number of nitrogens with one attached hydrogen (secondary N) is 1. The molecule has 3 rings (SSSR count). The van der Waals surface area contributed by atoms with E-state index >= 15 is 0 Å². The molecule has 1 N–H and O–H groups in total. The van der Waals surface area contributed by atoms with Crippen LogP contribution in [0.15, 0.2) is 39.6 Å². The van der Waals surface area contributed by atoms with Gasteiger partial charge in [-0.3, -0.25) is 4.79 Å². The molecule has 5 heteroatoms. The maximum absolute atomic E-state index is 12.2. The third-order valence-electron chi connectivity index (χ3n) is 3.80. The van der Waals surface area contributed by atoms with Gasteiger partial charge in [0, 0.05) is 15.2 Å². The number of carbonyl (C=O) groups excluding carboxylic acids is 1. The number of benzene rings is 1. The van der Waals surface area contributed by atoms with Gasteiger partial charge in [-0.15, -0.1) is 23.1 Å². The van der Waals surface area contributed by atoms with Gasteiger partial charge in [-0.25, -0.2) is 5.43 Å². The summed E-state index contributed by atoms with van der Waals surface area (Å²) in [6, 6.07) is 8.08. The molecule has 0 fully saturated rings. The van der Waals surface area contributed by atoms with E-state index in [9.17, 15) is 4.79 Å². The highest BCUT2D eigenvalue weighted by atomic mass is 32.2. The molecule has 0 atom stereocenters. The zero-order valence-electron chi connectivity index (χ0n) is 12.5. The van der Waals surface area contributed by atoms with Crippen molar-refractivity contribution in [1.82, 2.24) is 5.43 Å². The summed E-state index contributed by atoms with van der Waals surface area (Å²) >= 11 is 3.40. The molecule has 114 valence electrons. The summed E-state index contributed by atoms with van der Waals surface area (Å²) < 4.78 is 0. The Morgan fingerprint density at radius 2 is 2.05 bits per heavy atom. The Morgan fingerprint density at radius 3 is 2.82 bits per heavy atom. The molecule has 1 aliphatic carbocycles. The number of thioether (sulfide) groups is 1. The fourth-order valence-corrected chi connectivity index (χ4v) is 4.13. The average molecular weight is 330 g/mol. The fourth-order valence-electron chi connectivity index (χ4n) is 2.60. The zero-order valence-corrected chi connectivity index (χ0v) is 14.1. The molecule has 0 aliphatic heterocycles. The third kappa shape index (κ3) is 3.42. The number of hydrogen-bond acceptors (Lipinski definition) is 4. The average Bonchev–Trinajstić information content (AvgIpc) is 2.99. The van der Waals surface area contributed by atoms with Crippen LogP contribution in [0.5, 0.6) is 0 Å². The van der Waals surface area contributed by atoms with Crippen LogP contribution >= 0.6 is 23.1 Å². The minimum atomic E-state index is -0.101. The van der Waals surface area contributed by atoms with Gasteiger partial charge in [-0.1, -0.05) is 12.1 Å². The van der Waals surface area contributed by atoms with Gasteiger partial charge in [-0.2, -0.15) is 5.10 Å². The monoisotopic (exact) mass is 330 g/mol. The van der Waals surface area contributed by atoms with Crippen molar-refractivity contribution in [3.05, 3.63) is 51.2 Å². The lowest BCUT2D eigenvalue weighted by atomic mass is 9.96. The number of amides is 1. The van der Waals surface area contributed by atoms with Gasteiger partial charge >= 0.3 is 0 Å². The van der Waals surface area contributed by atoms with E-state index < -0.39 is 0 Å². The minimum Gasteiger partial charge on any atom is -0.267 e. The van der Waals surface area contributed by atoms with E-state index in [1.165, 1.54) is 28.2 Å². The summed E-state index contributed by atoms with van der Waals surface area (Å²) in [7, 11) is 0. The molecule has 1 aromatic heterocycles. The van der Waals surface area contributed by atoms with Crippen LogP contribution in [0.4, 0.5) is 0 Å². The van der Waals surface area contributed by atoms with Crippen LogP contribution in [-0.2, 0) is 12.8 Å². The molecule has 0 saturated carbocycles. The third-order valence-corrected chi connectivity index (χ3v) is 5.63. The predicted molar refractivity (Wildman–Crippen MR) is 94.2 cm³/mol. The van der Waals surface area contributed by atoms with Gasteiger partial charge in [0.2, 0.25) is 0 Å². The van der Waals surface area contributed by atoms with E-state index in [0.29, 0.717) is 0 Å². The Labute approximate surface area is 138 Å². The largest absolute Gasteiger partial charge is 0.272 e. The highest BCUT2D eigenvalue weighted by Crippen LogP contribution is 2.30. The number of nitrogens with zero attached hydrogens (tertiary/aromatic N) is 1. The number of hydrogen-bond donors (Lipinski definition) is 1. The second-order valence-corrected chi connectivity index (χ2v) is 7.07. The number of rotatable bonds is 4. The number of aryl methyl sites for hydroxylation is 1. The van der Waals surface area contributed by atoms with Crippen molar-refractivity contribution >= 4 is 35.2 Å². The number of fused-ring (bicyclic) bond motifs is 1. The van der Waals surface area contributed by atoms with Crippen LogP contribution in [0, 0.1) is 0 Å². The molecule has 1 amide bonds. The fraction of sp³-hybridized carbons (Fsp3) is 0.294. The topological polar surface area (TPSA) is 41.5 Å². The van der Waals surface area contributed by atoms with Gasteiger partial charge in [0.15, 0.2) is 0 Å². The second kappa shape index (κ2) is 7.11. The lowest BCUT2D eigenvalue weighted by Gasteiger charge is -2.11. The quantitative estimate of drug-likeness (QED) is 0.521. The van der Waals surface area contributed by atoms with E-state index in [-0.39, 0.29) is 5.91 Å². The van der Waals surface area contributed by atoms with E-state index in [2.05, 4.69) is 10.5 Å². The van der Waals surface area contributed by atoms with E-state index in [1.54, 1.807) is 29.3 Å². The van der Waals surface area contributed by atoms with Gasteiger partial charge in [-0.05, 0) is 55.2 Å². The molecular weight excluding hydrogens is 312 g/mol. The van der Waals surface area contributed by atoms with E-state index in [4.69, 9.17) is 0 Å². The highest BCUT2D eigenvalue weighted by Gasteiger charge is 2.19. The van der Waals surface area contributed by atoms with Crippen LogP contribution in [0.25, 0.3) is 0 Å². The van der Waals surface area contributed by atoms with Crippen LogP contribution < -0.4 is 5.43 Å². The molecule has 2 aromatic rings. The molecule has 1 heterocycles. The molecule has 22 heavy (non-hydrogen) atoms. The van der Waals surface area contributed by atoms with E-state index in [0.717, 1.165) is 24.0 Å². The van der Waals surface area contributed by atoms with Crippen LogP contribution in [0.3, 0.4) is 0 Å². The Morgan fingerprint density at radius 1 is 1.27 bits per heavy atom. The summed E-state index contributed by atoms with van der Waals surface area (Å²) in [6.45, 7) is 0. The molecule has 0 bridgehead atoms. The van der Waals surface area contributed by atoms with Crippen molar-refractivity contribution in [2.24, 2.45) is 5.10 Å². The van der Waals surface area contributed by atoms with Crippen LogP contribution in [0.1, 0.15) is 39.2 Å². The number of hydrazone groups is 1. The van der Waals surface area contributed by atoms with Crippen molar-refractivity contribution in [3.8, 4) is 0 Å². The smallest absolute Gasteiger partial charge is 0.267 e. The lowest BCUT2D eigenvalue weighted by molar-refractivity contribution is 0.0954. The zero-order chi connectivity index (χ0) is 15.4. The Bertz CT molecular complexity index is 689. The molecule has 0 radical (unpaired) electrons. The first-order valence-electron chi connectivity index (χ1n) is 7.34. The molecule has 1 aliphatic rings. The summed E-state index contributed by atoms with van der Waals surface area (Å²) in [5, 5.41) is 6.04. The Balaban J connectivity index is 1.64. The normalized spacial score (nSPS) is 14.0. The second-order valence-electron chi connectivity index (χ2n) is 5.23. The van der Waals surface area contributed by atoms with Gasteiger partial charge < -0.3 is 0 Å². The van der Waals surface area contributed by atoms with Crippen LogP contribution in [0.2, 0.25) is 0 Å². The first kappa shape index (κ1) is 15.3. The number of thiophene rings is 1. The molecule has 0 spiro atoms. The van der Waals surface area contributed by atoms with Crippen molar-refractivity contribution in [2.45, 2.75) is 30.6 Å². The summed E-state index contributed by atoms with van der Waals surface area (Å²) in [5.74, 6) is -0.101. The molecular formula is C17H18N2OS2. The van der Waals surface area contributed by atoms with Gasteiger partial charge in [0.25, 0.3) is 5.91 Å². The first-order valence-corrected chi connectivity index (χ1v) is 9.45. The molecule has 3 nitrogen and oxygen atoms in total. The predicted octanol–water partition coefficient (Wildman–Crippen LogP) is 4.11. The summed E-state index contributed by atoms with van der Waals surface area (Å²) in [5.41, 5.74) is 5.65. The standard InChI is InChI=1S/C17H18N2OS2/c1-21-13-8-6-12(7-9-13)10-18-19-17(20)15-11-22-16-5-3-2-4-14(15)16/h6-11H,2-5H2,1H3,(H,19,20)/b18-10+. The highest BCUT2D eigenvalue weighted by molar-refractivity contribution is 7.98. The van der Waals surface area contributed by atoms with Crippen molar-refractivity contribution < 1.29 is 4.79 Å². The first-order chi connectivity index (χ1) is 10.8. The number of carbonyl (C=O) groups is 1. The van der Waals surface area contributed by atoms with Crippen LogP contribution in [-0.4, -0.2) is 18.4 Å². The van der Waals surface area contributed by atoms with Crippen molar-refractivity contribution in [3.63, 3.8) is 0 Å². The van der Waals surface area contributed by atoms with Gasteiger partial charge in [0.05, 0.1) is 11.8 Å². The molecule has 0 saturated heterocycles. The van der Waals surface area contributed by atoms with Crippen molar-refractivity contribution in [1.29, 1.82) is 0 Å². The molecule has 0 unspecified atom stereocenters. The Kier molecular flexibility index (Phi) is 4.95. The van der Waals surface area contributed by atoms with Crippen molar-refractivity contribution in [2.75, 3.05) is 6.26 Å². The van der Waals surface area contributed by atoms with Gasteiger partial charge in [0.1, 0.15) is 0 Å². The SMILES string of the molecule is CSc1ccc(/C=N/NC(=O)c2csc3c2CCCC3)cc1. The maximum Gasteiger partial charge on any atom is 0.272 e. The maximum atomic E-state index is 12.2. The molecule has 1 aromatic carbocycles. The summed E-state index contributed by atoms with van der Waals surface area (Å²) in [4.78, 5) is 14.8. The Hall–Kier alpha value is -1.59. The lowest BCUT2D eigenvalue weighted by Crippen LogP contribution is -2.19. The summed E-state index contributed by atoms with van der Waals surface area (Å²) in [6.07, 6.45) is 8.26.